The van der Waals surface area contributed by atoms with Crippen LogP contribution in [0.2, 0.25) is 0 Å². The lowest BCUT2D eigenvalue weighted by Gasteiger charge is -2.40. The van der Waals surface area contributed by atoms with Gasteiger partial charge in [0, 0.05) is 20.2 Å². The Balaban J connectivity index is 2.20. The zero-order valence-electron chi connectivity index (χ0n) is 11.4. The molecule has 5 nitrogen and oxygen atoms in total. The molecule has 20 heavy (non-hydrogen) atoms. The summed E-state index contributed by atoms with van der Waals surface area (Å²) in [6.07, 6.45) is 2.65. The molecule has 1 aromatic rings. The zero-order valence-corrected chi connectivity index (χ0v) is 12.2. The minimum atomic E-state index is -3.80. The maximum atomic E-state index is 13.3. The van der Waals surface area contributed by atoms with Gasteiger partial charge in [0.2, 0.25) is 10.0 Å². The Kier molecular flexibility index (Phi) is 4.43. The topological polar surface area (TPSA) is 81.4 Å². The molecule has 0 radical (unpaired) electrons. The van der Waals surface area contributed by atoms with Crippen LogP contribution in [0.3, 0.4) is 0 Å². The quantitative estimate of drug-likeness (QED) is 0.825. The molecule has 0 bridgehead atoms. The molecule has 0 saturated heterocycles. The second kappa shape index (κ2) is 5.77. The van der Waals surface area contributed by atoms with Crippen LogP contribution in [0.25, 0.3) is 0 Å². The van der Waals surface area contributed by atoms with Crippen LogP contribution >= 0.6 is 0 Å². The molecule has 2 rings (SSSR count). The van der Waals surface area contributed by atoms with Crippen LogP contribution in [0.4, 0.5) is 4.39 Å². The highest BCUT2D eigenvalue weighted by molar-refractivity contribution is 7.89. The fourth-order valence-electron chi connectivity index (χ4n) is 2.28. The molecule has 1 aliphatic carbocycles. The van der Waals surface area contributed by atoms with Crippen molar-refractivity contribution in [3.8, 4) is 0 Å². The van der Waals surface area contributed by atoms with Crippen molar-refractivity contribution in [3.05, 3.63) is 29.6 Å². The van der Waals surface area contributed by atoms with E-state index in [1.165, 1.54) is 12.1 Å². The van der Waals surface area contributed by atoms with Crippen LogP contribution in [0.5, 0.6) is 0 Å². The number of sulfonamides is 1. The van der Waals surface area contributed by atoms with E-state index in [1.807, 2.05) is 0 Å². The predicted molar refractivity (Wildman–Crippen MR) is 73.1 cm³/mol. The fraction of sp³-hybridized carbons (Fsp3) is 0.538. The lowest BCUT2D eigenvalue weighted by molar-refractivity contribution is -0.0659. The first-order chi connectivity index (χ1) is 9.42. The van der Waals surface area contributed by atoms with E-state index in [9.17, 15) is 12.8 Å². The number of rotatable bonds is 6. The third-order valence-electron chi connectivity index (χ3n) is 3.82. The monoisotopic (exact) mass is 302 g/mol. The van der Waals surface area contributed by atoms with Crippen molar-refractivity contribution in [2.45, 2.75) is 36.3 Å². The summed E-state index contributed by atoms with van der Waals surface area (Å²) in [5.74, 6) is -0.604. The third-order valence-corrected chi connectivity index (χ3v) is 5.30. The first kappa shape index (κ1) is 15.4. The van der Waals surface area contributed by atoms with Gasteiger partial charge in [-0.3, -0.25) is 0 Å². The summed E-state index contributed by atoms with van der Waals surface area (Å²) in [5.41, 5.74) is 5.46. The average Bonchev–Trinajstić information content (AvgIpc) is 2.38. The van der Waals surface area contributed by atoms with E-state index >= 15 is 0 Å². The van der Waals surface area contributed by atoms with Crippen molar-refractivity contribution in [2.75, 3.05) is 13.7 Å². The Hall–Kier alpha value is -1.02. The summed E-state index contributed by atoms with van der Waals surface area (Å²) in [7, 11) is -2.22. The number of hydrogen-bond donors (Lipinski definition) is 2. The molecule has 1 aromatic carbocycles. The first-order valence-electron chi connectivity index (χ1n) is 6.46. The number of ether oxygens (including phenoxy) is 1. The van der Waals surface area contributed by atoms with Gasteiger partial charge in [0.05, 0.1) is 10.5 Å². The summed E-state index contributed by atoms with van der Waals surface area (Å²) in [6, 6.07) is 3.58. The SMILES string of the molecule is COC1(CNS(=O)(=O)c2cc(F)ccc2CN)CCC1. The van der Waals surface area contributed by atoms with Crippen molar-refractivity contribution in [2.24, 2.45) is 5.73 Å². The summed E-state index contributed by atoms with van der Waals surface area (Å²) in [6.45, 7) is 0.221. The molecule has 0 unspecified atom stereocenters. The smallest absolute Gasteiger partial charge is 0.241 e. The third kappa shape index (κ3) is 3.01. The Morgan fingerprint density at radius 3 is 2.65 bits per heavy atom. The standard InChI is InChI=1S/C13H19FN2O3S/c1-19-13(5-2-6-13)9-16-20(17,18)12-7-11(14)4-3-10(12)8-15/h3-4,7,16H,2,5-6,8-9,15H2,1H3. The number of nitrogens with one attached hydrogen (secondary N) is 1. The molecule has 3 N–H and O–H groups in total. The zero-order chi connectivity index (χ0) is 14.8. The van der Waals surface area contributed by atoms with Gasteiger partial charge < -0.3 is 10.5 Å². The molecule has 1 fully saturated rings. The Morgan fingerprint density at radius 2 is 2.15 bits per heavy atom. The molecule has 0 aliphatic heterocycles. The molecule has 0 spiro atoms. The largest absolute Gasteiger partial charge is 0.377 e. The lowest BCUT2D eigenvalue weighted by atomic mass is 9.80. The van der Waals surface area contributed by atoms with E-state index < -0.39 is 21.4 Å². The molecule has 1 saturated carbocycles. The second-order valence-corrected chi connectivity index (χ2v) is 6.76. The van der Waals surface area contributed by atoms with Crippen molar-refractivity contribution < 1.29 is 17.5 Å². The van der Waals surface area contributed by atoms with Gasteiger partial charge in [-0.05, 0) is 37.0 Å². The molecule has 7 heteroatoms. The van der Waals surface area contributed by atoms with Crippen LogP contribution in [-0.2, 0) is 21.3 Å². The van der Waals surface area contributed by atoms with Gasteiger partial charge in [-0.25, -0.2) is 17.5 Å². The van der Waals surface area contributed by atoms with E-state index in [4.69, 9.17) is 10.5 Å². The lowest BCUT2D eigenvalue weighted by Crippen LogP contribution is -2.49. The number of hydrogen-bond acceptors (Lipinski definition) is 4. The van der Waals surface area contributed by atoms with Crippen LogP contribution < -0.4 is 10.5 Å². The van der Waals surface area contributed by atoms with Gasteiger partial charge >= 0.3 is 0 Å². The van der Waals surface area contributed by atoms with Crippen molar-refractivity contribution in [1.82, 2.24) is 4.72 Å². The fourth-order valence-corrected chi connectivity index (χ4v) is 3.65. The van der Waals surface area contributed by atoms with Gasteiger partial charge in [0.25, 0.3) is 0 Å². The molecular weight excluding hydrogens is 283 g/mol. The highest BCUT2D eigenvalue weighted by Gasteiger charge is 2.38. The highest BCUT2D eigenvalue weighted by Crippen LogP contribution is 2.34. The van der Waals surface area contributed by atoms with Gasteiger partial charge in [-0.2, -0.15) is 0 Å². The van der Waals surface area contributed by atoms with Crippen molar-refractivity contribution in [1.29, 1.82) is 0 Å². The van der Waals surface area contributed by atoms with Crippen molar-refractivity contribution >= 4 is 10.0 Å². The molecule has 112 valence electrons. The van der Waals surface area contributed by atoms with E-state index in [0.29, 0.717) is 5.56 Å². The maximum absolute atomic E-state index is 13.3. The molecule has 0 atom stereocenters. The van der Waals surface area contributed by atoms with Crippen LogP contribution in [0.1, 0.15) is 24.8 Å². The van der Waals surface area contributed by atoms with E-state index in [1.54, 1.807) is 7.11 Å². The molecule has 1 aliphatic rings. The number of halogens is 1. The molecule has 0 heterocycles. The van der Waals surface area contributed by atoms with Crippen LogP contribution in [-0.4, -0.2) is 27.7 Å². The van der Waals surface area contributed by atoms with Gasteiger partial charge in [-0.1, -0.05) is 6.07 Å². The minimum Gasteiger partial charge on any atom is -0.377 e. The highest BCUT2D eigenvalue weighted by atomic mass is 32.2. The van der Waals surface area contributed by atoms with Crippen LogP contribution in [0.15, 0.2) is 23.1 Å². The number of nitrogens with two attached hydrogens (primary N) is 1. The van der Waals surface area contributed by atoms with Crippen molar-refractivity contribution in [3.63, 3.8) is 0 Å². The summed E-state index contributed by atoms with van der Waals surface area (Å²) >= 11 is 0. The number of benzene rings is 1. The van der Waals surface area contributed by atoms with Gasteiger partial charge in [-0.15, -0.1) is 0 Å². The predicted octanol–water partition coefficient (Wildman–Crippen LogP) is 1.13. The Morgan fingerprint density at radius 1 is 1.45 bits per heavy atom. The van der Waals surface area contributed by atoms with E-state index in [-0.39, 0.29) is 18.0 Å². The van der Waals surface area contributed by atoms with E-state index in [2.05, 4.69) is 4.72 Å². The molecule has 0 aromatic heterocycles. The average molecular weight is 302 g/mol. The van der Waals surface area contributed by atoms with E-state index in [0.717, 1.165) is 25.3 Å². The first-order valence-corrected chi connectivity index (χ1v) is 7.94. The molecule has 0 amide bonds. The minimum absolute atomic E-state index is 0.0337. The van der Waals surface area contributed by atoms with Gasteiger partial charge in [0.1, 0.15) is 5.82 Å². The summed E-state index contributed by atoms with van der Waals surface area (Å²) in [5, 5.41) is 0. The maximum Gasteiger partial charge on any atom is 0.241 e. The van der Waals surface area contributed by atoms with Gasteiger partial charge in [0.15, 0.2) is 0 Å². The second-order valence-electron chi connectivity index (χ2n) is 5.02. The summed E-state index contributed by atoms with van der Waals surface area (Å²) < 4.78 is 45.7. The molecular formula is C13H19FN2O3S. The van der Waals surface area contributed by atoms with Crippen LogP contribution in [0, 0.1) is 5.82 Å². The normalized spacial score (nSPS) is 17.8. The Bertz CT molecular complexity index is 580. The Labute approximate surface area is 118 Å². The summed E-state index contributed by atoms with van der Waals surface area (Å²) in [4.78, 5) is -0.106. The number of methoxy groups -OCH3 is 1.